The molecular formula is C39H70O4. The number of allylic oxidation sites excluding steroid dienone is 8. The van der Waals surface area contributed by atoms with Crippen molar-refractivity contribution < 1.29 is 19.4 Å². The van der Waals surface area contributed by atoms with E-state index in [1.165, 1.54) is 103 Å². The van der Waals surface area contributed by atoms with Gasteiger partial charge in [-0.2, -0.15) is 0 Å². The summed E-state index contributed by atoms with van der Waals surface area (Å²) in [6, 6.07) is 0. The van der Waals surface area contributed by atoms with Crippen LogP contribution >= 0.6 is 0 Å². The molecule has 0 spiro atoms. The number of hydrogen-bond donors (Lipinski definition) is 1. The maximum atomic E-state index is 12.1. The van der Waals surface area contributed by atoms with Crippen LogP contribution < -0.4 is 0 Å². The molecule has 1 unspecified atom stereocenters. The number of hydrogen-bond acceptors (Lipinski definition) is 4. The highest BCUT2D eigenvalue weighted by Gasteiger charge is 2.13. The van der Waals surface area contributed by atoms with E-state index in [1.54, 1.807) is 0 Å². The Morgan fingerprint density at radius 1 is 0.581 bits per heavy atom. The molecule has 1 atom stereocenters. The molecule has 0 radical (unpaired) electrons. The Bertz CT molecular complexity index is 679. The SMILES string of the molecule is CC/C=C\C/C=C\C/C=C\C/C=C\CCCCCCCCCCCCCCC(=O)OC(CO)COCCCCCCCC. The summed E-state index contributed by atoms with van der Waals surface area (Å²) in [7, 11) is 0. The van der Waals surface area contributed by atoms with Crippen LogP contribution in [0, 0.1) is 0 Å². The largest absolute Gasteiger partial charge is 0.457 e. The quantitative estimate of drug-likeness (QED) is 0.0461. The summed E-state index contributed by atoms with van der Waals surface area (Å²) in [4.78, 5) is 12.1. The summed E-state index contributed by atoms with van der Waals surface area (Å²) in [6.07, 6.45) is 46.0. The van der Waals surface area contributed by atoms with Gasteiger partial charge in [-0.25, -0.2) is 0 Å². The lowest BCUT2D eigenvalue weighted by atomic mass is 10.0. The van der Waals surface area contributed by atoms with Gasteiger partial charge in [0.05, 0.1) is 13.2 Å². The molecule has 0 aliphatic rings. The minimum atomic E-state index is -0.530. The summed E-state index contributed by atoms with van der Waals surface area (Å²) >= 11 is 0. The topological polar surface area (TPSA) is 55.8 Å². The van der Waals surface area contributed by atoms with Crippen molar-refractivity contribution in [3.63, 3.8) is 0 Å². The van der Waals surface area contributed by atoms with E-state index in [1.807, 2.05) is 0 Å². The second kappa shape index (κ2) is 36.5. The first kappa shape index (κ1) is 41.4. The summed E-state index contributed by atoms with van der Waals surface area (Å²) in [5.41, 5.74) is 0. The van der Waals surface area contributed by atoms with Crippen molar-refractivity contribution in [2.45, 2.75) is 174 Å². The molecule has 0 bridgehead atoms. The first-order chi connectivity index (χ1) is 21.2. The maximum Gasteiger partial charge on any atom is 0.306 e. The average molecular weight is 603 g/mol. The van der Waals surface area contributed by atoms with E-state index in [-0.39, 0.29) is 12.6 Å². The minimum Gasteiger partial charge on any atom is -0.457 e. The molecule has 4 heteroatoms. The zero-order valence-electron chi connectivity index (χ0n) is 28.5. The first-order valence-electron chi connectivity index (χ1n) is 18.2. The Hall–Kier alpha value is -1.65. The van der Waals surface area contributed by atoms with Gasteiger partial charge in [0, 0.05) is 13.0 Å². The Kier molecular flexibility index (Phi) is 35.1. The van der Waals surface area contributed by atoms with E-state index in [4.69, 9.17) is 9.47 Å². The number of ether oxygens (including phenoxy) is 2. The number of rotatable bonds is 33. The second-order valence-electron chi connectivity index (χ2n) is 11.9. The van der Waals surface area contributed by atoms with E-state index in [2.05, 4.69) is 62.5 Å². The minimum absolute atomic E-state index is 0.172. The monoisotopic (exact) mass is 603 g/mol. The van der Waals surface area contributed by atoms with Gasteiger partial charge in [0.2, 0.25) is 0 Å². The van der Waals surface area contributed by atoms with E-state index in [9.17, 15) is 9.90 Å². The lowest BCUT2D eigenvalue weighted by Crippen LogP contribution is -2.27. The molecule has 0 rings (SSSR count). The van der Waals surface area contributed by atoms with Crippen LogP contribution in [-0.4, -0.2) is 37.0 Å². The zero-order valence-corrected chi connectivity index (χ0v) is 28.5. The molecule has 0 heterocycles. The molecule has 0 amide bonds. The van der Waals surface area contributed by atoms with Crippen molar-refractivity contribution >= 4 is 5.97 Å². The lowest BCUT2D eigenvalue weighted by Gasteiger charge is -2.15. The maximum absolute atomic E-state index is 12.1. The molecule has 0 aliphatic carbocycles. The van der Waals surface area contributed by atoms with Crippen molar-refractivity contribution in [3.8, 4) is 0 Å². The smallest absolute Gasteiger partial charge is 0.306 e. The Labute approximate surface area is 267 Å². The van der Waals surface area contributed by atoms with Crippen LogP contribution in [0.5, 0.6) is 0 Å². The number of aliphatic hydroxyl groups is 1. The highest BCUT2D eigenvalue weighted by Crippen LogP contribution is 2.14. The fourth-order valence-corrected chi connectivity index (χ4v) is 4.96. The fourth-order valence-electron chi connectivity index (χ4n) is 4.96. The molecule has 0 aromatic carbocycles. The molecule has 0 aromatic rings. The number of esters is 1. The number of aliphatic hydroxyl groups excluding tert-OH is 1. The van der Waals surface area contributed by atoms with Crippen LogP contribution in [-0.2, 0) is 14.3 Å². The molecule has 43 heavy (non-hydrogen) atoms. The average Bonchev–Trinajstić information content (AvgIpc) is 3.01. The lowest BCUT2D eigenvalue weighted by molar-refractivity contribution is -0.154. The number of unbranched alkanes of at least 4 members (excludes halogenated alkanes) is 17. The van der Waals surface area contributed by atoms with Crippen molar-refractivity contribution in [2.24, 2.45) is 0 Å². The first-order valence-corrected chi connectivity index (χ1v) is 18.2. The van der Waals surface area contributed by atoms with Crippen molar-refractivity contribution in [1.82, 2.24) is 0 Å². The third-order valence-electron chi connectivity index (χ3n) is 7.67. The Balaban J connectivity index is 3.41. The highest BCUT2D eigenvalue weighted by molar-refractivity contribution is 5.69. The second-order valence-corrected chi connectivity index (χ2v) is 11.9. The number of carbonyl (C=O) groups is 1. The van der Waals surface area contributed by atoms with Crippen molar-refractivity contribution in [2.75, 3.05) is 19.8 Å². The third kappa shape index (κ3) is 34.7. The van der Waals surface area contributed by atoms with E-state index in [0.29, 0.717) is 19.6 Å². The molecule has 4 nitrogen and oxygen atoms in total. The van der Waals surface area contributed by atoms with Crippen LogP contribution in [0.15, 0.2) is 48.6 Å². The molecule has 0 aliphatic heterocycles. The van der Waals surface area contributed by atoms with E-state index < -0.39 is 6.10 Å². The predicted molar refractivity (Wildman–Crippen MR) is 187 cm³/mol. The normalized spacial score (nSPS) is 12.9. The summed E-state index contributed by atoms with van der Waals surface area (Å²) in [5, 5.41) is 9.48. The van der Waals surface area contributed by atoms with Gasteiger partial charge in [-0.1, -0.05) is 159 Å². The van der Waals surface area contributed by atoms with Gasteiger partial charge in [0.15, 0.2) is 0 Å². The number of carbonyl (C=O) groups excluding carboxylic acids is 1. The molecular weight excluding hydrogens is 532 g/mol. The van der Waals surface area contributed by atoms with Crippen molar-refractivity contribution in [3.05, 3.63) is 48.6 Å². The molecule has 0 saturated heterocycles. The zero-order chi connectivity index (χ0) is 31.3. The van der Waals surface area contributed by atoms with Gasteiger partial charge < -0.3 is 14.6 Å². The van der Waals surface area contributed by atoms with Crippen molar-refractivity contribution in [1.29, 1.82) is 0 Å². The van der Waals surface area contributed by atoms with Gasteiger partial charge in [0.25, 0.3) is 0 Å². The van der Waals surface area contributed by atoms with Crippen LogP contribution in [0.1, 0.15) is 168 Å². The standard InChI is InChI=1S/C39H70O4/c1-3-5-7-9-11-12-13-14-15-16-17-18-19-20-21-22-23-24-25-26-27-28-29-30-32-34-39(41)43-38(36-40)37-42-35-33-31-10-8-6-4-2/h5,7,11-12,14-15,17-18,38,40H,3-4,6,8-10,13,16,19-37H2,1-2H3/b7-5-,12-11-,15-14-,18-17-. The predicted octanol–water partition coefficient (Wildman–Crippen LogP) is 11.5. The molecule has 0 fully saturated rings. The molecule has 1 N–H and O–H groups in total. The third-order valence-corrected chi connectivity index (χ3v) is 7.67. The van der Waals surface area contributed by atoms with Gasteiger partial charge in [0.1, 0.15) is 6.10 Å². The fraction of sp³-hybridized carbons (Fsp3) is 0.769. The van der Waals surface area contributed by atoms with E-state index in [0.717, 1.165) is 44.9 Å². The van der Waals surface area contributed by atoms with Gasteiger partial charge in [-0.3, -0.25) is 4.79 Å². The Morgan fingerprint density at radius 3 is 1.58 bits per heavy atom. The van der Waals surface area contributed by atoms with Crippen LogP contribution in [0.3, 0.4) is 0 Å². The molecule has 250 valence electrons. The van der Waals surface area contributed by atoms with Gasteiger partial charge in [-0.05, 0) is 51.4 Å². The summed E-state index contributed by atoms with van der Waals surface area (Å²) in [6.45, 7) is 5.19. The van der Waals surface area contributed by atoms with Gasteiger partial charge >= 0.3 is 5.97 Å². The summed E-state index contributed by atoms with van der Waals surface area (Å²) in [5.74, 6) is -0.208. The molecule has 0 aromatic heterocycles. The van der Waals surface area contributed by atoms with Crippen LogP contribution in [0.4, 0.5) is 0 Å². The van der Waals surface area contributed by atoms with Crippen LogP contribution in [0.25, 0.3) is 0 Å². The van der Waals surface area contributed by atoms with Crippen LogP contribution in [0.2, 0.25) is 0 Å². The Morgan fingerprint density at radius 2 is 1.05 bits per heavy atom. The summed E-state index contributed by atoms with van der Waals surface area (Å²) < 4.78 is 11.0. The van der Waals surface area contributed by atoms with Gasteiger partial charge in [-0.15, -0.1) is 0 Å². The highest BCUT2D eigenvalue weighted by atomic mass is 16.6. The molecule has 0 saturated carbocycles. The van der Waals surface area contributed by atoms with E-state index >= 15 is 0 Å².